The summed E-state index contributed by atoms with van der Waals surface area (Å²) in [5.74, 6) is -0.889. The molecule has 1 aromatic heterocycles. The molecule has 7 heteroatoms. The maximum Gasteiger partial charge on any atom is 0.310 e. The van der Waals surface area contributed by atoms with E-state index < -0.39 is 5.92 Å². The van der Waals surface area contributed by atoms with Crippen molar-refractivity contribution < 1.29 is 23.6 Å². The number of nitrogens with zero attached hydrogens (tertiary/aromatic N) is 2. The highest BCUT2D eigenvalue weighted by Crippen LogP contribution is 2.19. The standard InChI is InChI=1S/C18H24N2O5/c1-4-24-10-9-20(12-13(2)18(22)23-3)17(21)11-15-14-7-5-6-8-16(14)25-19-15/h5-8,13H,4,9-12H2,1-3H3. The molecule has 1 heterocycles. The quantitative estimate of drug-likeness (QED) is 0.509. The van der Waals surface area contributed by atoms with Crippen LogP contribution in [0, 0.1) is 5.92 Å². The van der Waals surface area contributed by atoms with Crippen LogP contribution in [0.4, 0.5) is 0 Å². The van der Waals surface area contributed by atoms with Gasteiger partial charge in [-0.15, -0.1) is 0 Å². The van der Waals surface area contributed by atoms with E-state index in [4.69, 9.17) is 14.0 Å². The molecule has 2 aromatic rings. The van der Waals surface area contributed by atoms with Gasteiger partial charge in [0.05, 0.1) is 26.1 Å². The fraction of sp³-hybridized carbons (Fsp3) is 0.500. The van der Waals surface area contributed by atoms with Gasteiger partial charge < -0.3 is 18.9 Å². The molecule has 25 heavy (non-hydrogen) atoms. The van der Waals surface area contributed by atoms with Crippen molar-refractivity contribution in [3.63, 3.8) is 0 Å². The molecule has 0 aliphatic rings. The van der Waals surface area contributed by atoms with Gasteiger partial charge in [0.15, 0.2) is 5.58 Å². The summed E-state index contributed by atoms with van der Waals surface area (Å²) in [4.78, 5) is 26.0. The first-order chi connectivity index (χ1) is 12.1. The molecule has 7 nitrogen and oxygen atoms in total. The first-order valence-electron chi connectivity index (χ1n) is 8.33. The number of amides is 1. The second-order valence-electron chi connectivity index (χ2n) is 5.76. The van der Waals surface area contributed by atoms with E-state index in [1.807, 2.05) is 31.2 Å². The number of hydrogen-bond donors (Lipinski definition) is 0. The predicted octanol–water partition coefficient (Wildman–Crippen LogP) is 2.04. The minimum absolute atomic E-state index is 0.108. The highest BCUT2D eigenvalue weighted by atomic mass is 16.5. The number of carbonyl (C=O) groups is 2. The van der Waals surface area contributed by atoms with E-state index in [1.165, 1.54) is 7.11 Å². The normalized spacial score (nSPS) is 12.1. The van der Waals surface area contributed by atoms with Gasteiger partial charge in [-0.3, -0.25) is 9.59 Å². The van der Waals surface area contributed by atoms with Gasteiger partial charge in [0.25, 0.3) is 0 Å². The fourth-order valence-electron chi connectivity index (χ4n) is 2.56. The third-order valence-corrected chi connectivity index (χ3v) is 3.93. The van der Waals surface area contributed by atoms with Crippen LogP contribution in [0.15, 0.2) is 28.8 Å². The number of ether oxygens (including phenoxy) is 2. The first kappa shape index (κ1) is 18.9. The van der Waals surface area contributed by atoms with Crippen molar-refractivity contribution in [3.8, 4) is 0 Å². The van der Waals surface area contributed by atoms with Crippen LogP contribution in [0.1, 0.15) is 19.5 Å². The Labute approximate surface area is 146 Å². The zero-order valence-electron chi connectivity index (χ0n) is 14.9. The van der Waals surface area contributed by atoms with Gasteiger partial charge in [0, 0.05) is 25.1 Å². The van der Waals surface area contributed by atoms with E-state index in [1.54, 1.807) is 11.8 Å². The third-order valence-electron chi connectivity index (χ3n) is 3.93. The van der Waals surface area contributed by atoms with Crippen LogP contribution in [-0.4, -0.2) is 55.3 Å². The number of rotatable bonds is 9. The molecule has 136 valence electrons. The molecule has 0 aliphatic heterocycles. The lowest BCUT2D eigenvalue weighted by molar-refractivity contribution is -0.146. The van der Waals surface area contributed by atoms with Crippen molar-refractivity contribution in [2.45, 2.75) is 20.3 Å². The second-order valence-corrected chi connectivity index (χ2v) is 5.76. The Hall–Kier alpha value is -2.41. The lowest BCUT2D eigenvalue weighted by atomic mass is 10.1. The predicted molar refractivity (Wildman–Crippen MR) is 92.0 cm³/mol. The molecular weight excluding hydrogens is 324 g/mol. The summed E-state index contributed by atoms with van der Waals surface area (Å²) in [5.41, 5.74) is 1.24. The van der Waals surface area contributed by atoms with Crippen molar-refractivity contribution in [3.05, 3.63) is 30.0 Å². The maximum atomic E-state index is 12.7. The van der Waals surface area contributed by atoms with Gasteiger partial charge in [-0.2, -0.15) is 0 Å². The fourth-order valence-corrected chi connectivity index (χ4v) is 2.56. The van der Waals surface area contributed by atoms with E-state index in [-0.39, 0.29) is 24.8 Å². The molecule has 2 rings (SSSR count). The average molecular weight is 348 g/mol. The number of benzene rings is 1. The van der Waals surface area contributed by atoms with Crippen molar-refractivity contribution in [2.24, 2.45) is 5.92 Å². The monoisotopic (exact) mass is 348 g/mol. The summed E-state index contributed by atoms with van der Waals surface area (Å²) in [6.45, 7) is 5.29. The van der Waals surface area contributed by atoms with Gasteiger partial charge in [0.1, 0.15) is 5.69 Å². The van der Waals surface area contributed by atoms with Gasteiger partial charge in [-0.25, -0.2) is 0 Å². The Morgan fingerprint density at radius 1 is 1.32 bits per heavy atom. The van der Waals surface area contributed by atoms with Crippen LogP contribution in [0.2, 0.25) is 0 Å². The summed E-state index contributed by atoms with van der Waals surface area (Å²) < 4.78 is 15.3. The minimum atomic E-state index is -0.412. The summed E-state index contributed by atoms with van der Waals surface area (Å²) in [7, 11) is 1.34. The molecule has 0 aliphatic carbocycles. The largest absolute Gasteiger partial charge is 0.469 e. The van der Waals surface area contributed by atoms with Crippen molar-refractivity contribution in [2.75, 3.05) is 33.4 Å². The van der Waals surface area contributed by atoms with Crippen molar-refractivity contribution in [1.29, 1.82) is 0 Å². The highest BCUT2D eigenvalue weighted by Gasteiger charge is 2.23. The first-order valence-corrected chi connectivity index (χ1v) is 8.33. The van der Waals surface area contributed by atoms with E-state index >= 15 is 0 Å². The molecule has 0 spiro atoms. The average Bonchev–Trinajstić information content (AvgIpc) is 3.03. The molecule has 0 N–H and O–H groups in total. The van der Waals surface area contributed by atoms with E-state index in [0.29, 0.717) is 31.0 Å². The molecule has 1 amide bonds. The smallest absolute Gasteiger partial charge is 0.310 e. The molecule has 1 unspecified atom stereocenters. The molecule has 0 radical (unpaired) electrons. The van der Waals surface area contributed by atoms with Crippen molar-refractivity contribution >= 4 is 22.8 Å². The molecular formula is C18H24N2O5. The Morgan fingerprint density at radius 3 is 2.80 bits per heavy atom. The Morgan fingerprint density at radius 2 is 2.08 bits per heavy atom. The van der Waals surface area contributed by atoms with Crippen molar-refractivity contribution in [1.82, 2.24) is 10.1 Å². The Balaban J connectivity index is 2.09. The summed E-state index contributed by atoms with van der Waals surface area (Å²) >= 11 is 0. The molecule has 0 fully saturated rings. The third kappa shape index (κ3) is 5.03. The van der Waals surface area contributed by atoms with Crippen LogP contribution in [0.25, 0.3) is 11.0 Å². The number of aromatic nitrogens is 1. The lowest BCUT2D eigenvalue weighted by Crippen LogP contribution is -2.40. The Bertz CT molecular complexity index is 712. The van der Waals surface area contributed by atoms with Gasteiger partial charge in [0.2, 0.25) is 5.91 Å². The number of esters is 1. The van der Waals surface area contributed by atoms with E-state index in [9.17, 15) is 9.59 Å². The minimum Gasteiger partial charge on any atom is -0.469 e. The zero-order chi connectivity index (χ0) is 18.2. The number of para-hydroxylation sites is 1. The van der Waals surface area contributed by atoms with Crippen LogP contribution in [0.5, 0.6) is 0 Å². The van der Waals surface area contributed by atoms with E-state index in [2.05, 4.69) is 5.16 Å². The number of methoxy groups -OCH3 is 1. The van der Waals surface area contributed by atoms with Gasteiger partial charge in [-0.05, 0) is 19.1 Å². The molecule has 0 saturated carbocycles. The van der Waals surface area contributed by atoms with Crippen LogP contribution >= 0.6 is 0 Å². The molecule has 1 atom stereocenters. The lowest BCUT2D eigenvalue weighted by Gasteiger charge is -2.24. The van der Waals surface area contributed by atoms with Crippen LogP contribution < -0.4 is 0 Å². The number of hydrogen-bond acceptors (Lipinski definition) is 6. The van der Waals surface area contributed by atoms with Gasteiger partial charge in [-0.1, -0.05) is 24.2 Å². The molecule has 0 bridgehead atoms. The summed E-state index contributed by atoms with van der Waals surface area (Å²) in [5, 5.41) is 4.82. The summed E-state index contributed by atoms with van der Waals surface area (Å²) in [6.07, 6.45) is 0.108. The second kappa shape index (κ2) is 9.17. The van der Waals surface area contributed by atoms with Crippen LogP contribution in [-0.2, 0) is 25.5 Å². The number of carbonyl (C=O) groups excluding carboxylic acids is 2. The van der Waals surface area contributed by atoms with E-state index in [0.717, 1.165) is 5.39 Å². The number of fused-ring (bicyclic) bond motifs is 1. The molecule has 0 saturated heterocycles. The SMILES string of the molecule is CCOCCN(CC(C)C(=O)OC)C(=O)Cc1noc2ccccc12. The Kier molecular flexibility index (Phi) is 6.94. The van der Waals surface area contributed by atoms with Crippen LogP contribution in [0.3, 0.4) is 0 Å². The molecule has 1 aromatic carbocycles. The van der Waals surface area contributed by atoms with Gasteiger partial charge >= 0.3 is 5.97 Å². The topological polar surface area (TPSA) is 81.9 Å². The maximum absolute atomic E-state index is 12.7. The highest BCUT2D eigenvalue weighted by molar-refractivity contribution is 5.86. The zero-order valence-corrected chi connectivity index (χ0v) is 14.9. The summed E-state index contributed by atoms with van der Waals surface area (Å²) in [6, 6.07) is 7.41.